The van der Waals surface area contributed by atoms with Gasteiger partial charge in [0.25, 0.3) is 0 Å². The summed E-state index contributed by atoms with van der Waals surface area (Å²) in [6.07, 6.45) is 84.4. The zero-order valence-electron chi connectivity index (χ0n) is 50.6. The lowest BCUT2D eigenvalue weighted by Gasteiger charge is -2.21. The average Bonchev–Trinajstić information content (AvgIpc) is 3.50. The first-order chi connectivity index (χ1) is 40.2. The lowest BCUT2D eigenvalue weighted by atomic mass is 10.1. The Balaban J connectivity index is 4.94. The number of unbranched alkanes of at least 4 members (excludes halogenated alkanes) is 7. The van der Waals surface area contributed by atoms with E-state index >= 15 is 0 Å². The highest BCUT2D eigenvalue weighted by molar-refractivity contribution is 7.47. The van der Waals surface area contributed by atoms with E-state index in [1.54, 1.807) is 0 Å². The molecule has 458 valence electrons. The van der Waals surface area contributed by atoms with Crippen LogP contribution in [0.2, 0.25) is 0 Å². The second kappa shape index (κ2) is 61.6. The number of aliphatic hydroxyl groups is 1. The molecular weight excluding hydrogens is 1050 g/mol. The van der Waals surface area contributed by atoms with Gasteiger partial charge in [-0.25, -0.2) is 4.57 Å². The van der Waals surface area contributed by atoms with E-state index in [1.165, 1.54) is 0 Å². The van der Waals surface area contributed by atoms with E-state index in [0.29, 0.717) is 32.1 Å². The first kappa shape index (κ1) is 76.6. The van der Waals surface area contributed by atoms with Crippen molar-refractivity contribution >= 4 is 25.7 Å². The molecule has 0 bridgehead atoms. The summed E-state index contributed by atoms with van der Waals surface area (Å²) in [6, 6.07) is 0. The second-order valence-electron chi connectivity index (χ2n) is 19.4. The summed E-state index contributed by atoms with van der Waals surface area (Å²) in [6.45, 7) is 4.11. The fourth-order valence-electron chi connectivity index (χ4n) is 7.29. The molecule has 0 rings (SSSR count). The summed E-state index contributed by atoms with van der Waals surface area (Å²) in [4.78, 5) is 48.7. The molecule has 0 saturated carbocycles. The third-order valence-corrected chi connectivity index (χ3v) is 12.8. The van der Waals surface area contributed by atoms with Crippen LogP contribution in [0.1, 0.15) is 201 Å². The number of carbonyl (C=O) groups excluding carboxylic acids is 3. The molecule has 3 atom stereocenters. The highest BCUT2D eigenvalue weighted by Gasteiger charge is 2.28. The normalized spacial score (nSPS) is 14.5. The van der Waals surface area contributed by atoms with Gasteiger partial charge in [-0.3, -0.25) is 23.4 Å². The monoisotopic (exact) mass is 1150 g/mol. The summed E-state index contributed by atoms with van der Waals surface area (Å²) in [5.74, 6) is -1.67. The van der Waals surface area contributed by atoms with E-state index in [2.05, 4.69) is 179 Å². The van der Waals surface area contributed by atoms with Crippen LogP contribution in [0.4, 0.5) is 0 Å². The largest absolute Gasteiger partial charge is 0.472 e. The molecule has 82 heavy (non-hydrogen) atoms. The Labute approximate surface area is 497 Å². The zero-order chi connectivity index (χ0) is 59.8. The Morgan fingerprint density at radius 1 is 0.341 bits per heavy atom. The van der Waals surface area contributed by atoms with Crippen molar-refractivity contribution in [2.75, 3.05) is 26.4 Å². The third kappa shape index (κ3) is 59.2. The van der Waals surface area contributed by atoms with Crippen molar-refractivity contribution in [3.05, 3.63) is 182 Å². The minimum atomic E-state index is -4.81. The fourth-order valence-corrected chi connectivity index (χ4v) is 8.07. The van der Waals surface area contributed by atoms with Crippen molar-refractivity contribution in [1.29, 1.82) is 0 Å². The minimum absolute atomic E-state index is 0.0230. The molecule has 12 heteroatoms. The van der Waals surface area contributed by atoms with E-state index in [-0.39, 0.29) is 19.3 Å². The standard InChI is InChI=1S/C70H107O11P/c1-4-7-10-13-16-19-22-25-28-31-33-36-38-41-44-47-50-53-56-59-68(72)77-63-67(81-70(74)61-58-55-52-49-46-43-40-37-34-32-29-26-23-20-17-14-11-8-5-2)65-79-82(75,76)78-64-66(62-71)80-69(73)60-57-54-51-48-45-42-39-35-30-27-24-21-18-15-12-9-6-3/h7-12,16-21,25-30,33-34,36-37,39,42-43,46,48,51-52,55,66-67,71H,4-6,13-15,22-24,31-32,35,38,40-41,44-45,47,49-50,53-54,56-65H2,1-3H3,(H,75,76)/b10-7-,11-8-,12-9-,19-16-,20-17-,21-18-,28-25-,29-26-,30-27-,36-33-,37-34-,42-39-,46-43-,51-48-,55-52-. The van der Waals surface area contributed by atoms with Crippen LogP contribution in [0.5, 0.6) is 0 Å². The number of ether oxygens (including phenoxy) is 3. The number of rotatable bonds is 54. The number of allylic oxidation sites excluding steroid dienone is 30. The zero-order valence-corrected chi connectivity index (χ0v) is 51.5. The summed E-state index contributed by atoms with van der Waals surface area (Å²) >= 11 is 0. The number of hydrogen-bond acceptors (Lipinski definition) is 10. The van der Waals surface area contributed by atoms with Crippen LogP contribution in [-0.4, -0.2) is 66.5 Å². The summed E-state index contributed by atoms with van der Waals surface area (Å²) in [7, 11) is -4.81. The predicted octanol–water partition coefficient (Wildman–Crippen LogP) is 18.8. The van der Waals surface area contributed by atoms with Gasteiger partial charge in [0.1, 0.15) is 12.7 Å². The van der Waals surface area contributed by atoms with Crippen molar-refractivity contribution in [2.45, 2.75) is 213 Å². The van der Waals surface area contributed by atoms with Gasteiger partial charge in [0.05, 0.1) is 19.8 Å². The van der Waals surface area contributed by atoms with E-state index in [4.69, 9.17) is 23.3 Å². The molecule has 2 N–H and O–H groups in total. The van der Waals surface area contributed by atoms with Gasteiger partial charge in [0.2, 0.25) is 0 Å². The highest BCUT2D eigenvalue weighted by atomic mass is 31.2. The maximum Gasteiger partial charge on any atom is 0.472 e. The maximum absolute atomic E-state index is 12.9. The molecule has 0 aliphatic carbocycles. The SMILES string of the molecule is CC/C=C\C/C=C\C/C=C\C/C=C\C/C=C\C/C=C\CCC(=O)OC(COC(=O)CCCCCCCC/C=C\C/C=C\C/C=C\C/C=C\CC)COP(=O)(O)OCC(CO)OC(=O)CCC/C=C\C/C=C\C/C=C\C/C=C\C/C=C\CC. The highest BCUT2D eigenvalue weighted by Crippen LogP contribution is 2.43. The van der Waals surface area contributed by atoms with Gasteiger partial charge >= 0.3 is 25.7 Å². The number of phosphoric ester groups is 1. The van der Waals surface area contributed by atoms with Gasteiger partial charge in [-0.1, -0.05) is 229 Å². The molecule has 0 aliphatic rings. The van der Waals surface area contributed by atoms with Crippen LogP contribution in [0.25, 0.3) is 0 Å². The second-order valence-corrected chi connectivity index (χ2v) is 20.8. The molecule has 0 fully saturated rings. The number of phosphoric acid groups is 1. The van der Waals surface area contributed by atoms with Crippen molar-refractivity contribution in [1.82, 2.24) is 0 Å². The van der Waals surface area contributed by atoms with Crippen LogP contribution in [-0.2, 0) is 42.2 Å². The Morgan fingerprint density at radius 2 is 0.634 bits per heavy atom. The molecule has 0 saturated heterocycles. The van der Waals surface area contributed by atoms with Crippen LogP contribution in [0, 0.1) is 0 Å². The van der Waals surface area contributed by atoms with E-state index in [0.717, 1.165) is 128 Å². The lowest BCUT2D eigenvalue weighted by molar-refractivity contribution is -0.161. The Hall–Kier alpha value is -5.42. The molecule has 0 aromatic carbocycles. The molecule has 0 aromatic heterocycles. The molecule has 0 spiro atoms. The molecule has 3 unspecified atom stereocenters. The molecular formula is C70H107O11P. The Kier molecular flexibility index (Phi) is 57.6. The summed E-state index contributed by atoms with van der Waals surface area (Å²) < 4.78 is 39.5. The lowest BCUT2D eigenvalue weighted by Crippen LogP contribution is -2.30. The number of hydrogen-bond donors (Lipinski definition) is 2. The molecule has 0 amide bonds. The Bertz CT molecular complexity index is 2080. The van der Waals surface area contributed by atoms with Gasteiger partial charge in [0.15, 0.2) is 6.10 Å². The topological polar surface area (TPSA) is 155 Å². The Morgan fingerprint density at radius 3 is 1.02 bits per heavy atom. The van der Waals surface area contributed by atoms with E-state index in [1.807, 2.05) is 24.3 Å². The first-order valence-electron chi connectivity index (χ1n) is 30.7. The van der Waals surface area contributed by atoms with Crippen molar-refractivity contribution in [3.63, 3.8) is 0 Å². The van der Waals surface area contributed by atoms with E-state index in [9.17, 15) is 28.9 Å². The fraction of sp³-hybridized carbons (Fsp3) is 0.529. The quantitative estimate of drug-likeness (QED) is 0.0197. The van der Waals surface area contributed by atoms with Crippen LogP contribution < -0.4 is 0 Å². The average molecular weight is 1160 g/mol. The molecule has 0 radical (unpaired) electrons. The predicted molar refractivity (Wildman–Crippen MR) is 343 cm³/mol. The van der Waals surface area contributed by atoms with Gasteiger partial charge in [-0.2, -0.15) is 0 Å². The molecule has 0 heterocycles. The van der Waals surface area contributed by atoms with Gasteiger partial charge in [0, 0.05) is 19.3 Å². The summed E-state index contributed by atoms with van der Waals surface area (Å²) in [5, 5.41) is 9.83. The maximum atomic E-state index is 12.9. The first-order valence-corrected chi connectivity index (χ1v) is 32.2. The molecule has 0 aliphatic heterocycles. The van der Waals surface area contributed by atoms with Crippen LogP contribution in [0.3, 0.4) is 0 Å². The minimum Gasteiger partial charge on any atom is -0.462 e. The van der Waals surface area contributed by atoms with Crippen molar-refractivity contribution in [2.24, 2.45) is 0 Å². The summed E-state index contributed by atoms with van der Waals surface area (Å²) in [5.41, 5.74) is 0. The van der Waals surface area contributed by atoms with E-state index < -0.39 is 64.4 Å². The molecule has 11 nitrogen and oxygen atoms in total. The number of esters is 3. The van der Waals surface area contributed by atoms with Crippen molar-refractivity contribution < 1.29 is 52.2 Å². The van der Waals surface area contributed by atoms with Gasteiger partial charge in [-0.05, 0) is 135 Å². The van der Waals surface area contributed by atoms with Gasteiger partial charge < -0.3 is 24.2 Å². The van der Waals surface area contributed by atoms with Gasteiger partial charge in [-0.15, -0.1) is 0 Å². The molecule has 0 aromatic rings. The van der Waals surface area contributed by atoms with Crippen molar-refractivity contribution in [3.8, 4) is 0 Å². The number of carbonyl (C=O) groups is 3. The van der Waals surface area contributed by atoms with Crippen LogP contribution >= 0.6 is 7.82 Å². The smallest absolute Gasteiger partial charge is 0.462 e. The van der Waals surface area contributed by atoms with Crippen LogP contribution in [0.15, 0.2) is 182 Å². The third-order valence-electron chi connectivity index (χ3n) is 11.8. The number of aliphatic hydroxyl groups excluding tert-OH is 1.